The van der Waals surface area contributed by atoms with Crippen LogP contribution in [-0.4, -0.2) is 22.9 Å². The Morgan fingerprint density at radius 1 is 1.24 bits per heavy atom. The Balaban J connectivity index is 1.84. The van der Waals surface area contributed by atoms with Crippen LogP contribution >= 0.6 is 23.4 Å². The second kappa shape index (κ2) is 7.50. The van der Waals surface area contributed by atoms with Crippen LogP contribution in [0.1, 0.15) is 23.4 Å². The van der Waals surface area contributed by atoms with Crippen LogP contribution in [0.25, 0.3) is 0 Å². The summed E-state index contributed by atoms with van der Waals surface area (Å²) in [6.45, 7) is 3.64. The van der Waals surface area contributed by atoms with Crippen molar-refractivity contribution >= 4 is 46.6 Å². The Labute approximate surface area is 156 Å². The number of rotatable bonds is 4. The van der Waals surface area contributed by atoms with Gasteiger partial charge in [-0.25, -0.2) is 0 Å². The van der Waals surface area contributed by atoms with E-state index in [1.807, 2.05) is 60.4 Å². The van der Waals surface area contributed by atoms with Crippen molar-refractivity contribution in [3.63, 3.8) is 0 Å². The average molecular weight is 375 g/mol. The van der Waals surface area contributed by atoms with Crippen molar-refractivity contribution in [1.29, 1.82) is 0 Å². The van der Waals surface area contributed by atoms with E-state index in [-0.39, 0.29) is 17.2 Å². The van der Waals surface area contributed by atoms with Crippen LogP contribution in [0, 0.1) is 6.92 Å². The van der Waals surface area contributed by atoms with E-state index < -0.39 is 5.38 Å². The molecule has 2 amide bonds. The number of amides is 2. The van der Waals surface area contributed by atoms with Crippen molar-refractivity contribution < 1.29 is 9.59 Å². The summed E-state index contributed by atoms with van der Waals surface area (Å²) in [5.74, 6) is 0.334. The summed E-state index contributed by atoms with van der Waals surface area (Å²) in [7, 11) is 0. The van der Waals surface area contributed by atoms with Gasteiger partial charge in [-0.3, -0.25) is 14.5 Å². The van der Waals surface area contributed by atoms with E-state index in [1.54, 1.807) is 18.7 Å². The summed E-state index contributed by atoms with van der Waals surface area (Å²) in [6, 6.07) is 15.5. The molecule has 1 saturated heterocycles. The summed E-state index contributed by atoms with van der Waals surface area (Å²) in [6.07, 6.45) is 0. The number of nitrogens with zero attached hydrogens (tertiary/aromatic N) is 1. The highest BCUT2D eigenvalue weighted by Crippen LogP contribution is 2.42. The molecular weight excluding hydrogens is 356 g/mol. The highest BCUT2D eigenvalue weighted by atomic mass is 35.5. The third kappa shape index (κ3) is 3.83. The van der Waals surface area contributed by atoms with Gasteiger partial charge in [0.15, 0.2) is 0 Å². The van der Waals surface area contributed by atoms with E-state index in [0.717, 1.165) is 16.8 Å². The van der Waals surface area contributed by atoms with Crippen molar-refractivity contribution in [3.8, 4) is 0 Å². The van der Waals surface area contributed by atoms with Crippen LogP contribution in [0.15, 0.2) is 48.5 Å². The number of halogens is 1. The lowest BCUT2D eigenvalue weighted by Gasteiger charge is -2.26. The monoisotopic (exact) mass is 374 g/mol. The number of nitrogens with one attached hydrogen (secondary N) is 1. The average Bonchev–Trinajstić information content (AvgIpc) is 2.97. The van der Waals surface area contributed by atoms with Crippen molar-refractivity contribution in [2.75, 3.05) is 16.0 Å². The first-order valence-corrected chi connectivity index (χ1v) is 9.50. The van der Waals surface area contributed by atoms with Crippen LogP contribution in [0.2, 0.25) is 0 Å². The smallest absolute Gasteiger partial charge is 0.242 e. The molecule has 1 N–H and O–H groups in total. The van der Waals surface area contributed by atoms with Gasteiger partial charge in [-0.1, -0.05) is 30.3 Å². The van der Waals surface area contributed by atoms with Gasteiger partial charge in [-0.15, -0.1) is 23.4 Å². The molecule has 25 heavy (non-hydrogen) atoms. The lowest BCUT2D eigenvalue weighted by molar-refractivity contribution is -0.116. The summed E-state index contributed by atoms with van der Waals surface area (Å²) in [5.41, 5.74) is 3.73. The van der Waals surface area contributed by atoms with Gasteiger partial charge in [0.1, 0.15) is 10.8 Å². The Morgan fingerprint density at radius 3 is 2.56 bits per heavy atom. The number of anilines is 2. The number of para-hydroxylation sites is 1. The third-order valence-electron chi connectivity index (χ3n) is 4.07. The second-order valence-electron chi connectivity index (χ2n) is 5.94. The topological polar surface area (TPSA) is 49.4 Å². The van der Waals surface area contributed by atoms with Crippen LogP contribution < -0.4 is 10.2 Å². The number of hydrogen-bond donors (Lipinski definition) is 1. The van der Waals surface area contributed by atoms with E-state index in [9.17, 15) is 9.59 Å². The fourth-order valence-electron chi connectivity index (χ4n) is 2.74. The summed E-state index contributed by atoms with van der Waals surface area (Å²) in [5, 5.41) is 2.11. The van der Waals surface area contributed by atoms with E-state index in [4.69, 9.17) is 11.6 Å². The molecule has 0 spiro atoms. The maximum Gasteiger partial charge on any atom is 0.242 e. The zero-order chi connectivity index (χ0) is 18.0. The Kier molecular flexibility index (Phi) is 5.35. The van der Waals surface area contributed by atoms with Crippen molar-refractivity contribution in [2.24, 2.45) is 0 Å². The maximum absolute atomic E-state index is 12.4. The summed E-state index contributed by atoms with van der Waals surface area (Å²) in [4.78, 5) is 26.0. The third-order valence-corrected chi connectivity index (χ3v) is 5.48. The Hall–Kier alpha value is -1.98. The zero-order valence-electron chi connectivity index (χ0n) is 14.0. The van der Waals surface area contributed by atoms with E-state index in [0.29, 0.717) is 11.4 Å². The predicted molar refractivity (Wildman–Crippen MR) is 104 cm³/mol. The minimum absolute atomic E-state index is 0.0645. The number of alkyl halides is 1. The molecule has 1 heterocycles. The number of thioether (sulfide) groups is 1. The molecule has 0 radical (unpaired) electrons. The summed E-state index contributed by atoms with van der Waals surface area (Å²) < 4.78 is 0. The highest BCUT2D eigenvalue weighted by Gasteiger charge is 2.34. The molecule has 2 aromatic carbocycles. The molecule has 1 fully saturated rings. The lowest BCUT2D eigenvalue weighted by Crippen LogP contribution is -2.28. The molecule has 2 atom stereocenters. The molecule has 2 aromatic rings. The number of carbonyl (C=O) groups is 2. The molecule has 130 valence electrons. The first-order valence-electron chi connectivity index (χ1n) is 8.01. The normalized spacial score (nSPS) is 18.3. The van der Waals surface area contributed by atoms with Gasteiger partial charge in [0.05, 0.1) is 5.75 Å². The lowest BCUT2D eigenvalue weighted by atomic mass is 10.1. The van der Waals surface area contributed by atoms with E-state index in [2.05, 4.69) is 5.32 Å². The molecular formula is C19H19ClN2O2S. The first-order chi connectivity index (χ1) is 12.0. The van der Waals surface area contributed by atoms with Gasteiger partial charge in [0, 0.05) is 11.4 Å². The highest BCUT2D eigenvalue weighted by molar-refractivity contribution is 8.00. The first kappa shape index (κ1) is 17.8. The number of benzene rings is 2. The van der Waals surface area contributed by atoms with Crippen LogP contribution in [-0.2, 0) is 9.59 Å². The maximum atomic E-state index is 12.4. The molecule has 0 bridgehead atoms. The second-order valence-corrected chi connectivity index (χ2v) is 7.66. The fraction of sp³-hybridized carbons (Fsp3) is 0.263. The minimum atomic E-state index is -0.584. The molecule has 1 aliphatic rings. The molecule has 0 aromatic heterocycles. The standard InChI is InChI=1S/C19H19ClN2O2S/c1-12-5-3-4-6-16(12)22-17(23)11-25-19(22)14-7-9-15(10-8-14)21-18(24)13(2)20/h3-10,13,19H,11H2,1-2H3,(H,21,24)/t13-,19-/m0/s1. The van der Waals surface area contributed by atoms with Crippen molar-refractivity contribution in [2.45, 2.75) is 24.6 Å². The van der Waals surface area contributed by atoms with Gasteiger partial charge >= 0.3 is 0 Å². The molecule has 0 saturated carbocycles. The van der Waals surface area contributed by atoms with Crippen molar-refractivity contribution in [3.05, 3.63) is 59.7 Å². The summed E-state index contributed by atoms with van der Waals surface area (Å²) >= 11 is 7.38. The molecule has 0 unspecified atom stereocenters. The van der Waals surface area contributed by atoms with Crippen LogP contribution in [0.3, 0.4) is 0 Å². The Bertz CT molecular complexity index is 792. The molecule has 0 aliphatic carbocycles. The van der Waals surface area contributed by atoms with Gasteiger partial charge in [0.2, 0.25) is 11.8 Å². The quantitative estimate of drug-likeness (QED) is 0.810. The molecule has 4 nitrogen and oxygen atoms in total. The SMILES string of the molecule is Cc1ccccc1N1C(=O)CS[C@H]1c1ccc(NC(=O)[C@H](C)Cl)cc1. The minimum Gasteiger partial charge on any atom is -0.325 e. The molecule has 3 rings (SSSR count). The van der Waals surface area contributed by atoms with E-state index in [1.165, 1.54) is 0 Å². The zero-order valence-corrected chi connectivity index (χ0v) is 15.6. The largest absolute Gasteiger partial charge is 0.325 e. The number of aryl methyl sites for hydroxylation is 1. The number of carbonyl (C=O) groups excluding carboxylic acids is 2. The molecule has 6 heteroatoms. The van der Waals surface area contributed by atoms with E-state index >= 15 is 0 Å². The van der Waals surface area contributed by atoms with Gasteiger partial charge < -0.3 is 5.32 Å². The van der Waals surface area contributed by atoms with Gasteiger partial charge in [0.25, 0.3) is 0 Å². The van der Waals surface area contributed by atoms with Gasteiger partial charge in [-0.05, 0) is 43.2 Å². The van der Waals surface area contributed by atoms with Crippen LogP contribution in [0.5, 0.6) is 0 Å². The number of hydrogen-bond acceptors (Lipinski definition) is 3. The van der Waals surface area contributed by atoms with Gasteiger partial charge in [-0.2, -0.15) is 0 Å². The van der Waals surface area contributed by atoms with Crippen molar-refractivity contribution in [1.82, 2.24) is 0 Å². The predicted octanol–water partition coefficient (Wildman–Crippen LogP) is 4.34. The van der Waals surface area contributed by atoms with Crippen LogP contribution in [0.4, 0.5) is 11.4 Å². The fourth-order valence-corrected chi connectivity index (χ4v) is 3.96. The molecule has 1 aliphatic heterocycles. The Morgan fingerprint density at radius 2 is 1.92 bits per heavy atom.